The van der Waals surface area contributed by atoms with Gasteiger partial charge in [0.05, 0.1) is 18.3 Å². The van der Waals surface area contributed by atoms with Gasteiger partial charge in [0.1, 0.15) is 11.9 Å². The Bertz CT molecular complexity index is 816. The minimum Gasteiger partial charge on any atom is -0.390 e. The lowest BCUT2D eigenvalue weighted by Gasteiger charge is -2.61. The fourth-order valence-electron chi connectivity index (χ4n) is 9.15. The minimum atomic E-state index is -0.944. The highest BCUT2D eigenvalue weighted by atomic mass is 16.3. The second-order valence-corrected chi connectivity index (χ2v) is 14.0. The molecule has 34 heavy (non-hydrogen) atoms. The minimum absolute atomic E-state index is 0.0284. The van der Waals surface area contributed by atoms with E-state index >= 15 is 0 Å². The van der Waals surface area contributed by atoms with Crippen molar-refractivity contribution in [2.75, 3.05) is 0 Å². The Balaban J connectivity index is 1.56. The predicted molar refractivity (Wildman–Crippen MR) is 133 cm³/mol. The molecule has 4 rings (SSSR count). The van der Waals surface area contributed by atoms with E-state index in [0.717, 1.165) is 25.7 Å². The highest BCUT2D eigenvalue weighted by Gasteiger charge is 2.63. The third kappa shape index (κ3) is 3.93. The predicted octanol–water partition coefficient (Wildman–Crippen LogP) is 4.12. The van der Waals surface area contributed by atoms with E-state index in [4.69, 9.17) is 0 Å². The molecule has 5 heteroatoms. The van der Waals surface area contributed by atoms with Gasteiger partial charge in [-0.2, -0.15) is 0 Å². The molecule has 4 aliphatic rings. The normalized spacial score (nSPS) is 47.2. The van der Waals surface area contributed by atoms with Crippen molar-refractivity contribution in [3.05, 3.63) is 12.2 Å². The van der Waals surface area contributed by atoms with Crippen molar-refractivity contribution in [3.8, 4) is 0 Å². The first-order valence-electron chi connectivity index (χ1n) is 13.6. The average Bonchev–Trinajstić information content (AvgIpc) is 3.10. The summed E-state index contributed by atoms with van der Waals surface area (Å²) in [6.07, 6.45) is 2.28. The summed E-state index contributed by atoms with van der Waals surface area (Å²) >= 11 is 0. The first-order valence-corrected chi connectivity index (χ1v) is 13.6. The lowest BCUT2D eigenvalue weighted by atomic mass is 9.44. The molecule has 0 aliphatic heterocycles. The van der Waals surface area contributed by atoms with Crippen LogP contribution in [0, 0.1) is 51.8 Å². The summed E-state index contributed by atoms with van der Waals surface area (Å²) in [7, 11) is 0. The van der Waals surface area contributed by atoms with Crippen LogP contribution in [-0.4, -0.2) is 50.6 Å². The van der Waals surface area contributed by atoms with Crippen LogP contribution in [0.2, 0.25) is 0 Å². The Morgan fingerprint density at radius 1 is 1.03 bits per heavy atom. The molecule has 4 saturated carbocycles. The number of Topliss-reactive ketones (excluding diaryl/α,β-unsaturated/α-hetero) is 1. The molecule has 0 aromatic carbocycles. The van der Waals surface area contributed by atoms with Gasteiger partial charge < -0.3 is 20.4 Å². The molecular formula is C29H48O5. The van der Waals surface area contributed by atoms with Crippen LogP contribution in [0.25, 0.3) is 0 Å². The van der Waals surface area contributed by atoms with Crippen molar-refractivity contribution in [1.29, 1.82) is 0 Å². The average molecular weight is 477 g/mol. The van der Waals surface area contributed by atoms with Crippen molar-refractivity contribution < 1.29 is 25.2 Å². The molecule has 4 N–H and O–H groups in total. The van der Waals surface area contributed by atoms with E-state index < -0.39 is 24.4 Å². The van der Waals surface area contributed by atoms with Gasteiger partial charge in [-0.05, 0) is 89.9 Å². The zero-order valence-electron chi connectivity index (χ0n) is 22.1. The van der Waals surface area contributed by atoms with E-state index in [2.05, 4.69) is 27.4 Å². The van der Waals surface area contributed by atoms with Crippen molar-refractivity contribution in [1.82, 2.24) is 0 Å². The molecular weight excluding hydrogens is 428 g/mol. The van der Waals surface area contributed by atoms with Gasteiger partial charge in [0.25, 0.3) is 0 Å². The third-order valence-electron chi connectivity index (χ3n) is 11.4. The summed E-state index contributed by atoms with van der Waals surface area (Å²) < 4.78 is 0. The molecule has 0 heterocycles. The number of ketones is 1. The van der Waals surface area contributed by atoms with Crippen LogP contribution in [0.5, 0.6) is 0 Å². The summed E-state index contributed by atoms with van der Waals surface area (Å²) in [4.78, 5) is 13.3. The van der Waals surface area contributed by atoms with Crippen LogP contribution >= 0.6 is 0 Å². The van der Waals surface area contributed by atoms with Crippen LogP contribution in [0.3, 0.4) is 0 Å². The van der Waals surface area contributed by atoms with E-state index in [9.17, 15) is 25.2 Å². The Hall–Kier alpha value is -0.750. The lowest BCUT2D eigenvalue weighted by molar-refractivity contribution is -0.174. The maximum atomic E-state index is 13.3. The van der Waals surface area contributed by atoms with E-state index in [-0.39, 0.29) is 39.8 Å². The number of fused-ring (bicyclic) bond motifs is 5. The van der Waals surface area contributed by atoms with Crippen LogP contribution < -0.4 is 0 Å². The second-order valence-electron chi connectivity index (χ2n) is 14.0. The molecule has 4 fully saturated rings. The molecule has 0 amide bonds. The van der Waals surface area contributed by atoms with Crippen molar-refractivity contribution >= 4 is 5.78 Å². The SMILES string of the molecule is C=C([C@@H](O)[C@H](O)[C@@H](C)[C@H]1CC[C@H]2[C@@H]3CC(=O)[C@@H]4C[C@@H](O)[C@@H](O)C[C@]4(C)[C@H]3CC[C@@]12C)C(C)(C)C. The van der Waals surface area contributed by atoms with Gasteiger partial charge in [0, 0.05) is 12.3 Å². The van der Waals surface area contributed by atoms with Crippen molar-refractivity contribution in [2.45, 2.75) is 111 Å². The van der Waals surface area contributed by atoms with Crippen LogP contribution in [0.15, 0.2) is 12.2 Å². The molecule has 4 aliphatic carbocycles. The fourth-order valence-corrected chi connectivity index (χ4v) is 9.15. The third-order valence-corrected chi connectivity index (χ3v) is 11.4. The zero-order valence-corrected chi connectivity index (χ0v) is 22.1. The molecule has 0 spiro atoms. The highest BCUT2D eigenvalue weighted by molar-refractivity contribution is 5.83. The molecule has 0 bridgehead atoms. The van der Waals surface area contributed by atoms with Crippen LogP contribution in [-0.2, 0) is 4.79 Å². The van der Waals surface area contributed by atoms with Crippen LogP contribution in [0.1, 0.15) is 86.5 Å². The quantitative estimate of drug-likeness (QED) is 0.458. The largest absolute Gasteiger partial charge is 0.390 e. The first kappa shape index (κ1) is 26.3. The number of rotatable bonds is 4. The summed E-state index contributed by atoms with van der Waals surface area (Å²) in [6.45, 7) is 16.8. The number of carbonyl (C=O) groups is 1. The maximum Gasteiger partial charge on any atom is 0.136 e. The Morgan fingerprint density at radius 3 is 2.26 bits per heavy atom. The van der Waals surface area contributed by atoms with Gasteiger partial charge in [0.2, 0.25) is 0 Å². The summed E-state index contributed by atoms with van der Waals surface area (Å²) in [5.74, 6) is 1.46. The molecule has 0 unspecified atom stereocenters. The number of aliphatic hydroxyl groups is 4. The number of carbonyl (C=O) groups excluding carboxylic acids is 1. The van der Waals surface area contributed by atoms with E-state index in [1.165, 1.54) is 0 Å². The maximum absolute atomic E-state index is 13.3. The molecule has 194 valence electrons. The second kappa shape index (κ2) is 8.68. The summed E-state index contributed by atoms with van der Waals surface area (Å²) in [6, 6.07) is 0. The first-order chi connectivity index (χ1) is 15.6. The topological polar surface area (TPSA) is 98.0 Å². The monoisotopic (exact) mass is 476 g/mol. The summed E-state index contributed by atoms with van der Waals surface area (Å²) in [5.41, 5.74) is 0.183. The number of aliphatic hydroxyl groups excluding tert-OH is 4. The molecule has 0 aromatic rings. The molecule has 12 atom stereocenters. The van der Waals surface area contributed by atoms with E-state index in [1.54, 1.807) is 0 Å². The highest BCUT2D eigenvalue weighted by Crippen LogP contribution is 2.67. The fraction of sp³-hybridized carbons (Fsp3) is 0.897. The molecule has 0 radical (unpaired) electrons. The Kier molecular flexibility index (Phi) is 6.72. The Morgan fingerprint density at radius 2 is 1.65 bits per heavy atom. The van der Waals surface area contributed by atoms with Gasteiger partial charge in [-0.25, -0.2) is 0 Å². The van der Waals surface area contributed by atoms with Gasteiger partial charge in [0.15, 0.2) is 0 Å². The number of hydrogen-bond acceptors (Lipinski definition) is 5. The van der Waals surface area contributed by atoms with Crippen molar-refractivity contribution in [2.24, 2.45) is 51.8 Å². The summed E-state index contributed by atoms with van der Waals surface area (Å²) in [5, 5.41) is 42.9. The zero-order chi connectivity index (χ0) is 25.4. The molecule has 0 saturated heterocycles. The van der Waals surface area contributed by atoms with E-state index in [0.29, 0.717) is 42.6 Å². The molecule has 0 aromatic heterocycles. The molecule has 5 nitrogen and oxygen atoms in total. The van der Waals surface area contributed by atoms with Gasteiger partial charge in [-0.3, -0.25) is 4.79 Å². The van der Waals surface area contributed by atoms with Gasteiger partial charge in [-0.15, -0.1) is 0 Å². The number of hydrogen-bond donors (Lipinski definition) is 4. The smallest absolute Gasteiger partial charge is 0.136 e. The lowest BCUT2D eigenvalue weighted by Crippen LogP contribution is -2.59. The van der Waals surface area contributed by atoms with Crippen LogP contribution in [0.4, 0.5) is 0 Å². The van der Waals surface area contributed by atoms with Crippen molar-refractivity contribution in [3.63, 3.8) is 0 Å². The Labute approximate surface area is 206 Å². The standard InChI is InChI=1S/C29H48O5/c1-15(25(33)26(34)16(2)27(3,4)5)18-8-9-19-17-12-22(30)21-13-23(31)24(32)14-29(21,7)20(17)10-11-28(18,19)6/h15,17-21,23-26,31-34H,2,8-14H2,1,3-7H3/t15-,17-,18+,19-,20-,21-,23+,24-,25+,26+,28-,29+/m0/s1. The van der Waals surface area contributed by atoms with E-state index in [1.807, 2.05) is 20.8 Å². The van der Waals surface area contributed by atoms with Gasteiger partial charge >= 0.3 is 0 Å². The van der Waals surface area contributed by atoms with Gasteiger partial charge in [-0.1, -0.05) is 48.1 Å².